The Morgan fingerprint density at radius 1 is 1.44 bits per heavy atom. The maximum absolute atomic E-state index is 11.4. The van der Waals surface area contributed by atoms with Gasteiger partial charge in [0.15, 0.2) is 0 Å². The van der Waals surface area contributed by atoms with Gasteiger partial charge in [0.05, 0.1) is 17.2 Å². The number of fused-ring (bicyclic) bond motifs is 1. The molecule has 94 valence electrons. The highest BCUT2D eigenvalue weighted by molar-refractivity contribution is 6.00. The van der Waals surface area contributed by atoms with E-state index in [0.717, 1.165) is 0 Å². The summed E-state index contributed by atoms with van der Waals surface area (Å²) < 4.78 is 5.53. The van der Waals surface area contributed by atoms with Gasteiger partial charge in [-0.15, -0.1) is 0 Å². The summed E-state index contributed by atoms with van der Waals surface area (Å²) in [7, 11) is 0. The van der Waals surface area contributed by atoms with Crippen LogP contribution in [0.4, 0.5) is 0 Å². The predicted octanol–water partition coefficient (Wildman–Crippen LogP) is 1.83. The molecule has 0 saturated heterocycles. The quantitative estimate of drug-likeness (QED) is 0.865. The summed E-state index contributed by atoms with van der Waals surface area (Å²) in [5.74, 6) is -0.143. The fourth-order valence-electron chi connectivity index (χ4n) is 1.70. The first-order valence-corrected chi connectivity index (χ1v) is 5.57. The van der Waals surface area contributed by atoms with E-state index in [4.69, 9.17) is 10.5 Å². The Labute approximate surface area is 104 Å². The molecule has 0 aliphatic heterocycles. The number of amides is 1. The van der Waals surface area contributed by atoms with Crippen LogP contribution in [-0.2, 0) is 0 Å². The van der Waals surface area contributed by atoms with Crippen LogP contribution in [0.3, 0.4) is 0 Å². The lowest BCUT2D eigenvalue weighted by Gasteiger charge is -2.13. The van der Waals surface area contributed by atoms with Gasteiger partial charge in [0.25, 0.3) is 5.91 Å². The Morgan fingerprint density at radius 3 is 2.78 bits per heavy atom. The molecule has 2 aromatic rings. The van der Waals surface area contributed by atoms with Crippen LogP contribution in [0.2, 0.25) is 0 Å². The lowest BCUT2D eigenvalue weighted by molar-refractivity contribution is 0.0994. The Bertz CT molecular complexity index is 608. The van der Waals surface area contributed by atoms with Gasteiger partial charge >= 0.3 is 0 Å². The van der Waals surface area contributed by atoms with Crippen LogP contribution in [-0.4, -0.2) is 22.1 Å². The molecule has 0 saturated carbocycles. The first-order valence-electron chi connectivity index (χ1n) is 5.57. The van der Waals surface area contributed by atoms with Crippen molar-refractivity contribution in [3.63, 3.8) is 0 Å². The molecule has 1 amide bonds. The first kappa shape index (κ1) is 12.2. The van der Waals surface area contributed by atoms with E-state index in [9.17, 15) is 9.90 Å². The van der Waals surface area contributed by atoms with Crippen LogP contribution in [0, 0.1) is 0 Å². The van der Waals surface area contributed by atoms with Crippen molar-refractivity contribution in [2.24, 2.45) is 5.73 Å². The molecule has 0 atom stereocenters. The molecule has 1 aromatic carbocycles. The molecule has 1 aromatic heterocycles. The zero-order chi connectivity index (χ0) is 13.3. The van der Waals surface area contributed by atoms with Crippen LogP contribution in [0.15, 0.2) is 24.4 Å². The minimum absolute atomic E-state index is 0.0876. The number of primary amides is 1. The Hall–Kier alpha value is -2.30. The number of carbonyl (C=O) groups is 1. The number of hydrogen-bond acceptors (Lipinski definition) is 4. The molecule has 0 radical (unpaired) electrons. The molecule has 1 heterocycles. The van der Waals surface area contributed by atoms with E-state index in [0.29, 0.717) is 16.7 Å². The summed E-state index contributed by atoms with van der Waals surface area (Å²) >= 11 is 0. The van der Waals surface area contributed by atoms with Gasteiger partial charge in [0.2, 0.25) is 0 Å². The zero-order valence-electron chi connectivity index (χ0n) is 10.2. The molecule has 2 rings (SSSR count). The van der Waals surface area contributed by atoms with Crippen LogP contribution >= 0.6 is 0 Å². The third-order valence-corrected chi connectivity index (χ3v) is 2.45. The molecule has 0 fully saturated rings. The monoisotopic (exact) mass is 246 g/mol. The predicted molar refractivity (Wildman–Crippen MR) is 67.7 cm³/mol. The Balaban J connectivity index is 2.69. The average Bonchev–Trinajstić information content (AvgIpc) is 2.28. The van der Waals surface area contributed by atoms with Gasteiger partial charge in [-0.05, 0) is 32.0 Å². The van der Waals surface area contributed by atoms with E-state index in [1.54, 1.807) is 6.07 Å². The summed E-state index contributed by atoms with van der Waals surface area (Å²) in [6.45, 7) is 3.69. The van der Waals surface area contributed by atoms with Crippen molar-refractivity contribution >= 4 is 16.8 Å². The van der Waals surface area contributed by atoms with Gasteiger partial charge in [0.1, 0.15) is 11.5 Å². The second-order valence-corrected chi connectivity index (χ2v) is 4.23. The van der Waals surface area contributed by atoms with Crippen molar-refractivity contribution in [1.29, 1.82) is 0 Å². The number of benzene rings is 1. The molecule has 0 spiro atoms. The second-order valence-electron chi connectivity index (χ2n) is 4.23. The van der Waals surface area contributed by atoms with E-state index in [-0.39, 0.29) is 17.4 Å². The van der Waals surface area contributed by atoms with Gasteiger partial charge in [-0.25, -0.2) is 0 Å². The average molecular weight is 246 g/mol. The molecule has 0 bridgehead atoms. The fourth-order valence-corrected chi connectivity index (χ4v) is 1.70. The van der Waals surface area contributed by atoms with Gasteiger partial charge in [-0.3, -0.25) is 9.78 Å². The maximum Gasteiger partial charge on any atom is 0.252 e. The van der Waals surface area contributed by atoms with E-state index >= 15 is 0 Å². The van der Waals surface area contributed by atoms with E-state index in [1.807, 2.05) is 13.8 Å². The second kappa shape index (κ2) is 4.52. The van der Waals surface area contributed by atoms with E-state index in [2.05, 4.69) is 4.98 Å². The topological polar surface area (TPSA) is 85.4 Å². The highest BCUT2D eigenvalue weighted by Gasteiger charge is 2.14. The molecular weight excluding hydrogens is 232 g/mol. The van der Waals surface area contributed by atoms with Crippen molar-refractivity contribution < 1.29 is 14.6 Å². The highest BCUT2D eigenvalue weighted by Crippen LogP contribution is 2.30. The van der Waals surface area contributed by atoms with Crippen molar-refractivity contribution in [3.05, 3.63) is 30.0 Å². The number of aromatic nitrogens is 1. The molecule has 0 aliphatic rings. The number of ether oxygens (including phenoxy) is 1. The lowest BCUT2D eigenvalue weighted by Crippen LogP contribution is -2.15. The van der Waals surface area contributed by atoms with Crippen molar-refractivity contribution in [2.75, 3.05) is 0 Å². The number of hydrogen-bond donors (Lipinski definition) is 2. The normalized spacial score (nSPS) is 10.8. The third-order valence-electron chi connectivity index (χ3n) is 2.45. The molecule has 0 unspecified atom stereocenters. The minimum atomic E-state index is -0.585. The number of nitrogens with two attached hydrogens (primary N) is 1. The number of carbonyl (C=O) groups excluding carboxylic acids is 1. The molecule has 3 N–H and O–H groups in total. The summed E-state index contributed by atoms with van der Waals surface area (Å²) in [6, 6.07) is 4.58. The van der Waals surface area contributed by atoms with E-state index < -0.39 is 5.91 Å². The fraction of sp³-hybridized carbons (Fsp3) is 0.231. The van der Waals surface area contributed by atoms with Gasteiger partial charge < -0.3 is 15.6 Å². The molecule has 18 heavy (non-hydrogen) atoms. The summed E-state index contributed by atoms with van der Waals surface area (Å²) in [5.41, 5.74) is 6.07. The van der Waals surface area contributed by atoms with Gasteiger partial charge in [-0.1, -0.05) is 0 Å². The maximum atomic E-state index is 11.4. The summed E-state index contributed by atoms with van der Waals surface area (Å²) in [4.78, 5) is 15.5. The number of rotatable bonds is 3. The molecular formula is C13H14N2O3. The third kappa shape index (κ3) is 2.20. The molecule has 0 aliphatic carbocycles. The van der Waals surface area contributed by atoms with Crippen LogP contribution < -0.4 is 10.5 Å². The van der Waals surface area contributed by atoms with Crippen molar-refractivity contribution in [1.82, 2.24) is 4.98 Å². The first-order chi connectivity index (χ1) is 8.49. The molecule has 5 nitrogen and oxygen atoms in total. The van der Waals surface area contributed by atoms with Crippen LogP contribution in [0.1, 0.15) is 24.2 Å². The minimum Gasteiger partial charge on any atom is -0.507 e. The zero-order valence-corrected chi connectivity index (χ0v) is 10.2. The van der Waals surface area contributed by atoms with Crippen LogP contribution in [0.25, 0.3) is 10.9 Å². The number of nitrogens with zero attached hydrogens (tertiary/aromatic N) is 1. The van der Waals surface area contributed by atoms with Crippen LogP contribution in [0.5, 0.6) is 11.5 Å². The Morgan fingerprint density at radius 2 is 2.17 bits per heavy atom. The largest absolute Gasteiger partial charge is 0.507 e. The summed E-state index contributed by atoms with van der Waals surface area (Å²) in [5, 5.41) is 10.3. The Kier molecular flexibility index (Phi) is 3.06. The molecule has 5 heteroatoms. The van der Waals surface area contributed by atoms with Crippen molar-refractivity contribution in [2.45, 2.75) is 20.0 Å². The summed E-state index contributed by atoms with van der Waals surface area (Å²) in [6.07, 6.45) is 1.37. The van der Waals surface area contributed by atoms with E-state index in [1.165, 1.54) is 18.3 Å². The van der Waals surface area contributed by atoms with Gasteiger partial charge in [-0.2, -0.15) is 0 Å². The SMILES string of the molecule is CC(C)Oc1cc2c(O)ccnc2cc1C(N)=O. The number of aromatic hydroxyl groups is 1. The smallest absolute Gasteiger partial charge is 0.252 e. The van der Waals surface area contributed by atoms with Crippen molar-refractivity contribution in [3.8, 4) is 11.5 Å². The lowest BCUT2D eigenvalue weighted by atomic mass is 10.1. The van der Waals surface area contributed by atoms with Gasteiger partial charge in [0, 0.05) is 11.6 Å². The number of pyridine rings is 1. The highest BCUT2D eigenvalue weighted by atomic mass is 16.5. The standard InChI is InChI=1S/C13H14N2O3/c1-7(2)18-12-6-8-10(5-9(12)13(14)17)15-4-3-11(8)16/h3-7H,1-2H3,(H2,14,17)(H,15,16).